The molecule has 1 saturated heterocycles. The van der Waals surface area contributed by atoms with Crippen LogP contribution in [0.3, 0.4) is 0 Å². The summed E-state index contributed by atoms with van der Waals surface area (Å²) in [5.41, 5.74) is 7.24. The number of piperazine rings is 1. The first-order valence-electron chi connectivity index (χ1n) is 30.4. The Morgan fingerprint density at radius 1 is 0.870 bits per heavy atom. The van der Waals surface area contributed by atoms with Gasteiger partial charge in [-0.15, -0.1) is 0 Å². The molecule has 0 aliphatic carbocycles. The van der Waals surface area contributed by atoms with Crippen molar-refractivity contribution in [3.63, 3.8) is 0 Å². The minimum absolute atomic E-state index is 0.0559. The molecule has 1 fully saturated rings. The van der Waals surface area contributed by atoms with E-state index in [2.05, 4.69) is 40.9 Å². The molecule has 15 N–H and O–H groups in total. The van der Waals surface area contributed by atoms with Crippen LogP contribution in [0, 0.1) is 30.6 Å². The van der Waals surface area contributed by atoms with Crippen LogP contribution in [0.25, 0.3) is 10.8 Å². The Labute approximate surface area is 536 Å². The SMILES string of the molecule is CC[C@H](CO)NCCN[C@H](CC)CO.CO[C@H]1/C=C/O[C@@]2(C)Oc3c(C)c(O)c4c(O)c(c(/C=N\N5CCN(C)CC5)c(O)c4c3C2=O)NC(=O)/C(C)=C\C=C\[C@H](C)[C@H](O)[C@@H](C)[C@@H](O)[C@@H](C)[C@H](OC(C)=O)[C@@H]1C.NC(=O)c1cnccn1.NNC(=O)c1ccncc1. The zero-order chi connectivity index (χ0) is 68.6. The van der Waals surface area contributed by atoms with Crippen LogP contribution in [0.4, 0.5) is 5.69 Å². The Bertz CT molecular complexity index is 3180. The summed E-state index contributed by atoms with van der Waals surface area (Å²) in [5.74, 6) is -4.31. The number of aliphatic hydroxyl groups is 4. The first-order chi connectivity index (χ1) is 43.7. The van der Waals surface area contributed by atoms with E-state index in [0.717, 1.165) is 39.0 Å². The number of phenols is 3. The maximum Gasteiger partial charge on any atom is 0.312 e. The number of aromatic nitrogens is 3. The number of nitrogens with zero attached hydrogens (tertiary/aromatic N) is 6. The number of hydrogen-bond donors (Lipinski definition) is 13. The minimum Gasteiger partial charge on any atom is -0.507 e. The maximum absolute atomic E-state index is 14.4. The molecule has 2 aromatic heterocycles. The van der Waals surface area contributed by atoms with Gasteiger partial charge in [-0.2, -0.15) is 5.10 Å². The van der Waals surface area contributed by atoms with Gasteiger partial charge in [0.05, 0.1) is 72.4 Å². The number of hydrazone groups is 1. The van der Waals surface area contributed by atoms with Gasteiger partial charge in [-0.25, -0.2) is 10.8 Å². The van der Waals surface area contributed by atoms with Gasteiger partial charge in [0.25, 0.3) is 23.5 Å². The molecule has 2 aromatic carbocycles. The fourth-order valence-electron chi connectivity index (χ4n) is 10.2. The number of primary amides is 1. The predicted molar refractivity (Wildman–Crippen MR) is 345 cm³/mol. The van der Waals surface area contributed by atoms with Crippen LogP contribution in [-0.2, 0) is 23.8 Å². The number of benzene rings is 2. The van der Waals surface area contributed by atoms with Crippen molar-refractivity contribution in [1.82, 2.24) is 40.9 Å². The average molecular weight is 1290 g/mol. The van der Waals surface area contributed by atoms with E-state index >= 15 is 0 Å². The van der Waals surface area contributed by atoms with Gasteiger partial charge in [-0.1, -0.05) is 59.8 Å². The van der Waals surface area contributed by atoms with Gasteiger partial charge in [0.1, 0.15) is 29.0 Å². The zero-order valence-electron chi connectivity index (χ0n) is 54.5. The third-order valence-corrected chi connectivity index (χ3v) is 16.2. The molecule has 28 nitrogen and oxygen atoms in total. The number of esters is 1. The molecule has 4 aliphatic heterocycles. The van der Waals surface area contributed by atoms with Crippen molar-refractivity contribution in [2.24, 2.45) is 40.3 Å². The average Bonchev–Trinajstić information content (AvgIpc) is 1.44. The first-order valence-corrected chi connectivity index (χ1v) is 30.4. The number of aliphatic hydroxyl groups excluding tert-OH is 4. The van der Waals surface area contributed by atoms with E-state index in [9.17, 15) is 49.5 Å². The Hall–Kier alpha value is -8.19. The number of nitrogens with two attached hydrogens (primary N) is 2. The molecule has 8 rings (SSSR count). The highest BCUT2D eigenvalue weighted by molar-refractivity contribution is 6.24. The number of anilines is 1. The fourth-order valence-corrected chi connectivity index (χ4v) is 10.2. The molecule has 0 spiro atoms. The van der Waals surface area contributed by atoms with Crippen molar-refractivity contribution in [1.29, 1.82) is 0 Å². The summed E-state index contributed by atoms with van der Waals surface area (Å²) in [6.07, 6.45) is 14.0. The van der Waals surface area contributed by atoms with E-state index in [1.807, 2.05) is 26.3 Å². The molecule has 506 valence electrons. The van der Waals surface area contributed by atoms with Crippen molar-refractivity contribution in [2.75, 3.05) is 72.0 Å². The van der Waals surface area contributed by atoms with Gasteiger partial charge in [-0.05, 0) is 51.9 Å². The molecule has 0 unspecified atom stereocenters. The Morgan fingerprint density at radius 2 is 1.49 bits per heavy atom. The number of rotatable bonds is 15. The van der Waals surface area contributed by atoms with Gasteiger partial charge in [0, 0.05) is 143 Å². The molecule has 92 heavy (non-hydrogen) atoms. The smallest absolute Gasteiger partial charge is 0.312 e. The molecule has 0 saturated carbocycles. The molecular formula is C64H94N12O16. The maximum atomic E-state index is 14.4. The predicted octanol–water partition coefficient (Wildman–Crippen LogP) is 3.30. The summed E-state index contributed by atoms with van der Waals surface area (Å²) in [5, 5.41) is 91.1. The van der Waals surface area contributed by atoms with Crippen molar-refractivity contribution >= 4 is 52.1 Å². The molecule has 11 atom stereocenters. The lowest BCUT2D eigenvalue weighted by atomic mass is 9.78. The number of Topliss-reactive ketones (excluding diaryl/α,β-unsaturated/α-hetero) is 1. The first kappa shape index (κ1) is 76.3. The highest BCUT2D eigenvalue weighted by Gasteiger charge is 2.50. The number of amides is 3. The summed E-state index contributed by atoms with van der Waals surface area (Å²) in [6, 6.07) is 3.57. The number of nitrogens with one attached hydrogen (secondary N) is 4. The van der Waals surface area contributed by atoms with E-state index in [-0.39, 0.29) is 81.4 Å². The molecule has 4 aromatic rings. The summed E-state index contributed by atoms with van der Waals surface area (Å²) >= 11 is 0. The summed E-state index contributed by atoms with van der Waals surface area (Å²) in [4.78, 5) is 74.7. The number of nitrogen functional groups attached to an aromatic ring is 1. The normalized spacial score (nSPS) is 24.8. The molecule has 4 aliphatic rings. The number of methoxy groups -OCH3 is 1. The lowest BCUT2D eigenvalue weighted by Crippen LogP contribution is -2.46. The van der Waals surface area contributed by atoms with Crippen LogP contribution in [0.1, 0.15) is 117 Å². The summed E-state index contributed by atoms with van der Waals surface area (Å²) in [7, 11) is 3.42. The Kier molecular flexibility index (Phi) is 30.5. The third kappa shape index (κ3) is 20.4. The number of hydrogen-bond acceptors (Lipinski definition) is 25. The number of pyridine rings is 1. The number of ether oxygens (including phenoxy) is 4. The van der Waals surface area contributed by atoms with Gasteiger partial charge in [0.15, 0.2) is 5.75 Å². The molecule has 6 heterocycles. The Morgan fingerprint density at radius 3 is 2.01 bits per heavy atom. The molecule has 28 heteroatoms. The van der Waals surface area contributed by atoms with Crippen molar-refractivity contribution in [2.45, 2.75) is 124 Å². The number of ketones is 1. The van der Waals surface area contributed by atoms with Crippen molar-refractivity contribution < 1.29 is 78.7 Å². The standard InChI is InChI=1S/C43H58N4O12.C10H24N2O2.C6H7N3O.C5H5N3O/c1-21-12-11-13-22(2)42(55)45-33-28(20-44-47-17-15-46(9)16-18-47)37(52)30-31(38(33)53)36(51)26(6)40-32(30)41(54)43(8,59-40)57-19-14-29(56-10)23(3)39(58-27(7)48)25(5)35(50)24(4)34(21)49;1-3-9(7-13)11-5-6-12-10(4-2)8-14;7-9-6(10)5-1-3-8-4-2-5;6-5(9)4-3-7-1-2-8-4/h11-14,19-21,23-25,29,34-35,39,49-53H,15-18H2,1-10H3,(H,45,55);9-14H,3-8H2,1-2H3;1-4H,7H2,(H,9,10);1-3H,(H2,6,9)/b12-11+,19-14+,22-13-,44-20-;;;/t21-,23+,24+,25+,29-,34-,35+,39+,43-;9-,10-;;/m01../s1. The summed E-state index contributed by atoms with van der Waals surface area (Å²) < 4.78 is 23.6. The molecular weight excluding hydrogens is 1190 g/mol. The molecule has 5 bridgehead atoms. The highest BCUT2D eigenvalue weighted by Crippen LogP contribution is 2.55. The number of phenolic OH excluding ortho intramolecular Hbond substituents is 3. The lowest BCUT2D eigenvalue weighted by Gasteiger charge is -2.38. The van der Waals surface area contributed by atoms with Crippen molar-refractivity contribution in [3.8, 4) is 23.0 Å². The van der Waals surface area contributed by atoms with Gasteiger partial charge >= 0.3 is 11.8 Å². The molecule has 0 radical (unpaired) electrons. The van der Waals surface area contributed by atoms with Crippen LogP contribution in [-0.4, -0.2) is 205 Å². The molecule has 3 amide bonds. The van der Waals surface area contributed by atoms with E-state index < -0.39 is 94.7 Å². The lowest BCUT2D eigenvalue weighted by molar-refractivity contribution is -0.160. The second kappa shape index (κ2) is 36.7. The summed E-state index contributed by atoms with van der Waals surface area (Å²) in [6.45, 7) is 21.2. The fraction of sp³-hybridized carbons (Fsp3) is 0.516. The van der Waals surface area contributed by atoms with Gasteiger partial charge in [-0.3, -0.25) is 44.4 Å². The van der Waals surface area contributed by atoms with Gasteiger partial charge < -0.3 is 81.3 Å². The van der Waals surface area contributed by atoms with Crippen LogP contribution in [0.5, 0.6) is 23.0 Å². The number of carbonyl (C=O) groups excluding carboxylic acids is 5. The van der Waals surface area contributed by atoms with E-state index in [4.69, 9.17) is 40.7 Å². The Balaban J connectivity index is 0.000000438. The topological polar surface area (TPSA) is 422 Å². The number of fused-ring (bicyclic) bond motifs is 14. The minimum atomic E-state index is -2.04. The number of aromatic hydroxyl groups is 3. The zero-order valence-corrected chi connectivity index (χ0v) is 54.5. The second-order valence-electron chi connectivity index (χ2n) is 22.8. The van der Waals surface area contributed by atoms with E-state index in [0.29, 0.717) is 18.7 Å². The number of hydrazine groups is 1. The van der Waals surface area contributed by atoms with E-state index in [1.165, 1.54) is 90.4 Å². The van der Waals surface area contributed by atoms with Crippen LogP contribution in [0.2, 0.25) is 0 Å². The quantitative estimate of drug-likeness (QED) is 0.0119. The monoisotopic (exact) mass is 1290 g/mol. The highest BCUT2D eigenvalue weighted by atomic mass is 16.7. The van der Waals surface area contributed by atoms with Crippen LogP contribution >= 0.6 is 0 Å². The van der Waals surface area contributed by atoms with Crippen LogP contribution in [0.15, 0.2) is 84.4 Å². The number of likely N-dealkylation sites (N-methyl/N-ethyl adjacent to an activating group) is 1. The number of carbonyl (C=O) groups is 5. The van der Waals surface area contributed by atoms with Gasteiger partial charge in [0.2, 0.25) is 0 Å². The van der Waals surface area contributed by atoms with Crippen LogP contribution < -0.4 is 37.7 Å². The third-order valence-electron chi connectivity index (χ3n) is 16.2. The number of allylic oxidation sites excluding steroid dienone is 2. The van der Waals surface area contributed by atoms with E-state index in [1.54, 1.807) is 57.0 Å². The van der Waals surface area contributed by atoms with Crippen molar-refractivity contribution in [3.05, 3.63) is 107 Å². The second-order valence-corrected chi connectivity index (χ2v) is 22.8. The largest absolute Gasteiger partial charge is 0.507 e.